The van der Waals surface area contributed by atoms with Crippen molar-refractivity contribution in [1.82, 2.24) is 10.3 Å². The second kappa shape index (κ2) is 7.13. The fourth-order valence-corrected chi connectivity index (χ4v) is 3.06. The summed E-state index contributed by atoms with van der Waals surface area (Å²) in [5.74, 6) is 0.575. The Morgan fingerprint density at radius 1 is 1.30 bits per heavy atom. The first-order chi connectivity index (χ1) is 10.8. The van der Waals surface area contributed by atoms with Crippen LogP contribution in [0.3, 0.4) is 0 Å². The van der Waals surface area contributed by atoms with Crippen molar-refractivity contribution in [3.05, 3.63) is 35.3 Å². The van der Waals surface area contributed by atoms with Crippen molar-refractivity contribution in [2.24, 2.45) is 0 Å². The van der Waals surface area contributed by atoms with E-state index in [4.69, 9.17) is 9.72 Å². The van der Waals surface area contributed by atoms with Crippen LogP contribution in [0.2, 0.25) is 0 Å². The number of likely N-dealkylation sites (N-methyl/N-ethyl adjacent to an activating group) is 1. The molecule has 5 heteroatoms. The molecule has 0 radical (unpaired) electrons. The van der Waals surface area contributed by atoms with Crippen LogP contribution in [0, 0.1) is 0 Å². The summed E-state index contributed by atoms with van der Waals surface area (Å²) < 4.78 is 5.65. The highest BCUT2D eigenvalue weighted by Gasteiger charge is 2.18. The maximum atomic E-state index is 11.7. The lowest BCUT2D eigenvalue weighted by Gasteiger charge is -2.14. The van der Waals surface area contributed by atoms with Gasteiger partial charge in [-0.15, -0.1) is 11.3 Å². The highest BCUT2D eigenvalue weighted by atomic mass is 32.1. The highest BCUT2D eigenvalue weighted by molar-refractivity contribution is 7.13. The Morgan fingerprint density at radius 2 is 1.96 bits per heavy atom. The number of carbonyl (C=O) groups is 1. The lowest BCUT2D eigenvalue weighted by Crippen LogP contribution is -2.36. The molecule has 4 nitrogen and oxygen atoms in total. The molecule has 1 aromatic heterocycles. The first-order valence-electron chi connectivity index (χ1n) is 7.82. The van der Waals surface area contributed by atoms with Crippen molar-refractivity contribution in [2.75, 3.05) is 6.54 Å². The fourth-order valence-electron chi connectivity index (χ4n) is 2.00. The zero-order valence-corrected chi connectivity index (χ0v) is 15.2. The molecule has 0 unspecified atom stereocenters. The second-order valence-corrected chi connectivity index (χ2v) is 7.33. The normalized spacial score (nSPS) is 12.7. The minimum absolute atomic E-state index is 0.0554. The van der Waals surface area contributed by atoms with Gasteiger partial charge < -0.3 is 10.1 Å². The lowest BCUT2D eigenvalue weighted by molar-refractivity contribution is -0.127. The van der Waals surface area contributed by atoms with E-state index in [0.717, 1.165) is 16.3 Å². The van der Waals surface area contributed by atoms with Crippen LogP contribution in [-0.4, -0.2) is 23.5 Å². The number of ether oxygens (including phenoxy) is 1. The number of benzene rings is 1. The summed E-state index contributed by atoms with van der Waals surface area (Å²) in [4.78, 5) is 16.4. The molecule has 1 atom stereocenters. The monoisotopic (exact) mass is 332 g/mol. The van der Waals surface area contributed by atoms with E-state index in [1.54, 1.807) is 18.3 Å². The quantitative estimate of drug-likeness (QED) is 0.900. The third-order valence-electron chi connectivity index (χ3n) is 3.41. The summed E-state index contributed by atoms with van der Waals surface area (Å²) in [7, 11) is 0. The number of aromatic nitrogens is 1. The van der Waals surface area contributed by atoms with Crippen molar-refractivity contribution in [1.29, 1.82) is 0 Å². The molecule has 0 bridgehead atoms. The average Bonchev–Trinajstić information content (AvgIpc) is 2.98. The molecule has 0 aliphatic carbocycles. The molecule has 0 spiro atoms. The number of nitrogens with zero attached hydrogens (tertiary/aromatic N) is 1. The third-order valence-corrected chi connectivity index (χ3v) is 4.30. The van der Waals surface area contributed by atoms with E-state index in [-0.39, 0.29) is 11.3 Å². The Kier molecular flexibility index (Phi) is 5.42. The maximum absolute atomic E-state index is 11.7. The van der Waals surface area contributed by atoms with Crippen LogP contribution in [0.1, 0.15) is 40.3 Å². The molecule has 2 aromatic rings. The van der Waals surface area contributed by atoms with Crippen LogP contribution >= 0.6 is 11.3 Å². The smallest absolute Gasteiger partial charge is 0.260 e. The van der Waals surface area contributed by atoms with Gasteiger partial charge in [0.15, 0.2) is 6.10 Å². The van der Waals surface area contributed by atoms with Crippen LogP contribution in [0.25, 0.3) is 10.6 Å². The molecule has 1 heterocycles. The number of carbonyl (C=O) groups excluding carboxylic acids is 1. The molecule has 124 valence electrons. The van der Waals surface area contributed by atoms with Gasteiger partial charge in [-0.3, -0.25) is 4.79 Å². The van der Waals surface area contributed by atoms with E-state index in [9.17, 15) is 4.79 Å². The van der Waals surface area contributed by atoms with Gasteiger partial charge in [0.25, 0.3) is 5.91 Å². The Balaban J connectivity index is 2.08. The predicted octanol–water partition coefficient (Wildman–Crippen LogP) is 4.01. The summed E-state index contributed by atoms with van der Waals surface area (Å²) in [6, 6.07) is 7.71. The Bertz CT molecular complexity index is 656. The van der Waals surface area contributed by atoms with E-state index < -0.39 is 6.10 Å². The van der Waals surface area contributed by atoms with Crippen LogP contribution in [0.4, 0.5) is 0 Å². The molecule has 0 fully saturated rings. The van der Waals surface area contributed by atoms with Crippen molar-refractivity contribution < 1.29 is 9.53 Å². The Hall–Kier alpha value is -1.88. The molecule has 0 saturated carbocycles. The Morgan fingerprint density at radius 3 is 2.48 bits per heavy atom. The third kappa shape index (κ3) is 4.55. The van der Waals surface area contributed by atoms with Crippen LogP contribution < -0.4 is 10.1 Å². The first-order valence-corrected chi connectivity index (χ1v) is 8.70. The van der Waals surface area contributed by atoms with Gasteiger partial charge in [-0.05, 0) is 38.1 Å². The average molecular weight is 332 g/mol. The van der Waals surface area contributed by atoms with E-state index in [1.807, 2.05) is 31.2 Å². The summed E-state index contributed by atoms with van der Waals surface area (Å²) in [6.45, 7) is 10.7. The molecule has 0 aliphatic heterocycles. The first kappa shape index (κ1) is 17.5. The van der Waals surface area contributed by atoms with Crippen molar-refractivity contribution in [3.8, 4) is 16.3 Å². The SMILES string of the molecule is CCNC(=O)[C@H](C)Oc1ccc(-c2nc(C(C)(C)C)cs2)cc1. The molecule has 1 aromatic carbocycles. The molecule has 2 rings (SSSR count). The van der Waals surface area contributed by atoms with Gasteiger partial charge in [-0.2, -0.15) is 0 Å². The largest absolute Gasteiger partial charge is 0.481 e. The van der Waals surface area contributed by atoms with Gasteiger partial charge in [-0.25, -0.2) is 4.98 Å². The molecule has 1 amide bonds. The predicted molar refractivity (Wildman–Crippen MR) is 95.0 cm³/mol. The minimum atomic E-state index is -0.506. The van der Waals surface area contributed by atoms with Crippen molar-refractivity contribution in [3.63, 3.8) is 0 Å². The van der Waals surface area contributed by atoms with Gasteiger partial charge in [0.05, 0.1) is 5.69 Å². The number of thiazole rings is 1. The number of amides is 1. The lowest BCUT2D eigenvalue weighted by atomic mass is 9.93. The van der Waals surface area contributed by atoms with Crippen LogP contribution in [-0.2, 0) is 10.2 Å². The molecule has 0 aliphatic rings. The summed E-state index contributed by atoms with van der Waals surface area (Å²) in [5.41, 5.74) is 2.21. The maximum Gasteiger partial charge on any atom is 0.260 e. The Labute approximate surface area is 141 Å². The van der Waals surface area contributed by atoms with Crippen LogP contribution in [0.5, 0.6) is 5.75 Å². The van der Waals surface area contributed by atoms with E-state index in [2.05, 4.69) is 31.5 Å². The highest BCUT2D eigenvalue weighted by Crippen LogP contribution is 2.30. The zero-order chi connectivity index (χ0) is 17.0. The van der Waals surface area contributed by atoms with Crippen molar-refractivity contribution in [2.45, 2.75) is 46.1 Å². The van der Waals surface area contributed by atoms with Crippen molar-refractivity contribution >= 4 is 17.2 Å². The number of hydrogen-bond acceptors (Lipinski definition) is 4. The summed E-state index contributed by atoms with van der Waals surface area (Å²) in [5, 5.41) is 5.85. The molecular weight excluding hydrogens is 308 g/mol. The van der Waals surface area contributed by atoms with Gasteiger partial charge >= 0.3 is 0 Å². The van der Waals surface area contributed by atoms with Crippen LogP contribution in [0.15, 0.2) is 29.6 Å². The standard InChI is InChI=1S/C18H24N2O2S/c1-6-19-16(21)12(2)22-14-9-7-13(8-10-14)17-20-15(11-23-17)18(3,4)5/h7-12H,6H2,1-5H3,(H,19,21)/t12-/m0/s1. The minimum Gasteiger partial charge on any atom is -0.481 e. The molecular formula is C18H24N2O2S. The van der Waals surface area contributed by atoms with E-state index in [0.29, 0.717) is 12.3 Å². The van der Waals surface area contributed by atoms with Gasteiger partial charge in [0.2, 0.25) is 0 Å². The summed E-state index contributed by atoms with van der Waals surface area (Å²) >= 11 is 1.64. The summed E-state index contributed by atoms with van der Waals surface area (Å²) in [6.07, 6.45) is -0.506. The number of rotatable bonds is 5. The molecule has 23 heavy (non-hydrogen) atoms. The van der Waals surface area contributed by atoms with E-state index >= 15 is 0 Å². The number of hydrogen-bond donors (Lipinski definition) is 1. The van der Waals surface area contributed by atoms with Gasteiger partial charge in [0.1, 0.15) is 10.8 Å². The fraction of sp³-hybridized carbons (Fsp3) is 0.444. The second-order valence-electron chi connectivity index (χ2n) is 6.47. The van der Waals surface area contributed by atoms with Gasteiger partial charge in [0, 0.05) is 22.9 Å². The number of nitrogens with one attached hydrogen (secondary N) is 1. The molecule has 1 N–H and O–H groups in total. The van der Waals surface area contributed by atoms with Gasteiger partial charge in [-0.1, -0.05) is 20.8 Å². The topological polar surface area (TPSA) is 51.2 Å². The zero-order valence-electron chi connectivity index (χ0n) is 14.3. The van der Waals surface area contributed by atoms with E-state index in [1.165, 1.54) is 0 Å². The molecule has 0 saturated heterocycles.